The first-order chi connectivity index (χ1) is 10.6. The van der Waals surface area contributed by atoms with Crippen molar-refractivity contribution in [1.82, 2.24) is 0 Å². The van der Waals surface area contributed by atoms with Crippen molar-refractivity contribution in [3.8, 4) is 11.5 Å². The summed E-state index contributed by atoms with van der Waals surface area (Å²) in [5.74, 6) is 1.44. The summed E-state index contributed by atoms with van der Waals surface area (Å²) in [7, 11) is 1.79. The lowest BCUT2D eigenvalue weighted by Gasteiger charge is -2.08. The van der Waals surface area contributed by atoms with Crippen molar-refractivity contribution in [2.45, 2.75) is 0 Å². The van der Waals surface area contributed by atoms with Crippen LogP contribution in [-0.4, -0.2) is 19.7 Å². The Labute approximate surface area is 136 Å². The summed E-state index contributed by atoms with van der Waals surface area (Å²) in [6.07, 6.45) is 1.89. The van der Waals surface area contributed by atoms with Gasteiger partial charge in [-0.2, -0.15) is 0 Å². The van der Waals surface area contributed by atoms with Gasteiger partial charge in [0.15, 0.2) is 11.5 Å². The minimum absolute atomic E-state index is 0.00855. The molecule has 0 atom stereocenters. The SMILES string of the molecule is CN1C(=O)C(=Cc2ccc3c(c2)OCO3)c2cc(Br)ccc21. The third kappa shape index (κ3) is 2.01. The predicted octanol–water partition coefficient (Wildman–Crippen LogP) is 3.69. The van der Waals surface area contributed by atoms with Crippen molar-refractivity contribution in [2.24, 2.45) is 0 Å². The van der Waals surface area contributed by atoms with Crippen LogP contribution in [0.2, 0.25) is 0 Å². The molecule has 0 aliphatic carbocycles. The Morgan fingerprint density at radius 2 is 1.95 bits per heavy atom. The molecule has 4 nitrogen and oxygen atoms in total. The molecule has 2 aliphatic rings. The monoisotopic (exact) mass is 357 g/mol. The van der Waals surface area contributed by atoms with Crippen LogP contribution in [0.4, 0.5) is 5.69 Å². The van der Waals surface area contributed by atoms with Gasteiger partial charge < -0.3 is 14.4 Å². The minimum atomic E-state index is -0.00855. The van der Waals surface area contributed by atoms with Gasteiger partial charge in [-0.3, -0.25) is 4.79 Å². The molecule has 0 saturated carbocycles. The summed E-state index contributed by atoms with van der Waals surface area (Å²) in [6.45, 7) is 0.243. The number of carbonyl (C=O) groups is 1. The largest absolute Gasteiger partial charge is 0.454 e. The summed E-state index contributed by atoms with van der Waals surface area (Å²) in [6, 6.07) is 11.5. The Bertz CT molecular complexity index is 829. The molecule has 2 aromatic carbocycles. The molecule has 0 saturated heterocycles. The fourth-order valence-corrected chi connectivity index (χ4v) is 3.09. The number of carbonyl (C=O) groups excluding carboxylic acids is 1. The van der Waals surface area contributed by atoms with E-state index in [4.69, 9.17) is 9.47 Å². The Morgan fingerprint density at radius 3 is 2.82 bits per heavy atom. The molecular formula is C17H12BrNO3. The highest BCUT2D eigenvalue weighted by Crippen LogP contribution is 2.39. The quantitative estimate of drug-likeness (QED) is 0.730. The van der Waals surface area contributed by atoms with E-state index < -0.39 is 0 Å². The molecule has 2 aromatic rings. The van der Waals surface area contributed by atoms with Crippen molar-refractivity contribution in [3.63, 3.8) is 0 Å². The van der Waals surface area contributed by atoms with Gasteiger partial charge in [-0.05, 0) is 42.0 Å². The molecule has 0 bridgehead atoms. The van der Waals surface area contributed by atoms with Crippen molar-refractivity contribution in [3.05, 3.63) is 52.0 Å². The molecule has 0 fully saturated rings. The lowest BCUT2D eigenvalue weighted by Crippen LogP contribution is -2.20. The fourth-order valence-electron chi connectivity index (χ4n) is 2.73. The molecule has 0 N–H and O–H groups in total. The number of ether oxygens (including phenoxy) is 2. The van der Waals surface area contributed by atoms with Gasteiger partial charge in [0, 0.05) is 22.7 Å². The van der Waals surface area contributed by atoms with Crippen LogP contribution in [0, 0.1) is 0 Å². The van der Waals surface area contributed by atoms with Gasteiger partial charge in [0.05, 0.1) is 5.69 Å². The zero-order valence-electron chi connectivity index (χ0n) is 11.8. The van der Waals surface area contributed by atoms with E-state index in [1.54, 1.807) is 11.9 Å². The van der Waals surface area contributed by atoms with Gasteiger partial charge in [-0.15, -0.1) is 0 Å². The van der Waals surface area contributed by atoms with E-state index in [-0.39, 0.29) is 12.7 Å². The molecule has 4 rings (SSSR count). The molecule has 2 aliphatic heterocycles. The highest BCUT2D eigenvalue weighted by Gasteiger charge is 2.29. The normalized spacial score (nSPS) is 17.3. The molecule has 0 radical (unpaired) electrons. The molecule has 0 unspecified atom stereocenters. The maximum absolute atomic E-state index is 12.5. The van der Waals surface area contributed by atoms with Crippen LogP contribution in [0.25, 0.3) is 11.6 Å². The number of hydrogen-bond donors (Lipinski definition) is 0. The zero-order valence-corrected chi connectivity index (χ0v) is 13.4. The average molecular weight is 358 g/mol. The van der Waals surface area contributed by atoms with E-state index in [2.05, 4.69) is 15.9 Å². The van der Waals surface area contributed by atoms with Crippen LogP contribution in [-0.2, 0) is 4.79 Å². The predicted molar refractivity (Wildman–Crippen MR) is 88.0 cm³/mol. The highest BCUT2D eigenvalue weighted by atomic mass is 79.9. The number of fused-ring (bicyclic) bond motifs is 2. The van der Waals surface area contributed by atoms with Crippen molar-refractivity contribution in [1.29, 1.82) is 0 Å². The summed E-state index contributed by atoms with van der Waals surface area (Å²) in [5, 5.41) is 0. The number of likely N-dealkylation sites (N-methyl/N-ethyl adjacent to an activating group) is 1. The van der Waals surface area contributed by atoms with Crippen LogP contribution in [0.1, 0.15) is 11.1 Å². The first kappa shape index (κ1) is 13.4. The first-order valence-electron chi connectivity index (χ1n) is 6.83. The lowest BCUT2D eigenvalue weighted by molar-refractivity contribution is -0.112. The average Bonchev–Trinajstić information content (AvgIpc) is 3.06. The highest BCUT2D eigenvalue weighted by molar-refractivity contribution is 9.10. The number of hydrogen-bond acceptors (Lipinski definition) is 3. The Kier molecular flexibility index (Phi) is 2.97. The maximum Gasteiger partial charge on any atom is 0.258 e. The van der Waals surface area contributed by atoms with Gasteiger partial charge in [-0.1, -0.05) is 22.0 Å². The second-order valence-corrected chi connectivity index (χ2v) is 6.11. The van der Waals surface area contributed by atoms with Crippen LogP contribution in [0.15, 0.2) is 40.9 Å². The Morgan fingerprint density at radius 1 is 1.14 bits per heavy atom. The molecule has 22 heavy (non-hydrogen) atoms. The molecule has 1 amide bonds. The van der Waals surface area contributed by atoms with Crippen molar-refractivity contribution >= 4 is 39.2 Å². The molecular weight excluding hydrogens is 346 g/mol. The third-order valence-corrected chi connectivity index (χ3v) is 4.35. The molecule has 2 heterocycles. The number of halogens is 1. The van der Waals surface area contributed by atoms with Gasteiger partial charge >= 0.3 is 0 Å². The van der Waals surface area contributed by atoms with Crippen LogP contribution in [0.3, 0.4) is 0 Å². The Balaban J connectivity index is 1.82. The van der Waals surface area contributed by atoms with Gasteiger partial charge in [0.1, 0.15) is 0 Å². The van der Waals surface area contributed by atoms with E-state index in [0.717, 1.165) is 27.0 Å². The smallest absolute Gasteiger partial charge is 0.258 e. The van der Waals surface area contributed by atoms with Crippen LogP contribution < -0.4 is 14.4 Å². The number of amides is 1. The minimum Gasteiger partial charge on any atom is -0.454 e. The van der Waals surface area contributed by atoms with Crippen molar-refractivity contribution < 1.29 is 14.3 Å². The number of nitrogens with zero attached hydrogens (tertiary/aromatic N) is 1. The number of benzene rings is 2. The number of rotatable bonds is 1. The van der Waals surface area contributed by atoms with E-state index in [0.29, 0.717) is 11.3 Å². The third-order valence-electron chi connectivity index (χ3n) is 3.85. The first-order valence-corrected chi connectivity index (χ1v) is 7.62. The Hall–Kier alpha value is -2.27. The van der Waals surface area contributed by atoms with Gasteiger partial charge in [-0.25, -0.2) is 0 Å². The van der Waals surface area contributed by atoms with Gasteiger partial charge in [0.2, 0.25) is 6.79 Å². The summed E-state index contributed by atoms with van der Waals surface area (Å²) >= 11 is 3.46. The fraction of sp³-hybridized carbons (Fsp3) is 0.118. The standard InChI is InChI=1S/C17H12BrNO3/c1-19-14-4-3-11(18)8-12(14)13(17(19)20)6-10-2-5-15-16(7-10)22-9-21-15/h2-8H,9H2,1H3. The van der Waals surface area contributed by atoms with E-state index in [1.165, 1.54) is 0 Å². The molecule has 5 heteroatoms. The second-order valence-electron chi connectivity index (χ2n) is 5.20. The van der Waals surface area contributed by atoms with Gasteiger partial charge in [0.25, 0.3) is 5.91 Å². The lowest BCUT2D eigenvalue weighted by atomic mass is 10.0. The second kappa shape index (κ2) is 4.88. The molecule has 0 aromatic heterocycles. The van der Waals surface area contributed by atoms with Crippen LogP contribution in [0.5, 0.6) is 11.5 Å². The summed E-state index contributed by atoms with van der Waals surface area (Å²) in [5.41, 5.74) is 3.44. The van der Waals surface area contributed by atoms with E-state index >= 15 is 0 Å². The maximum atomic E-state index is 12.5. The summed E-state index contributed by atoms with van der Waals surface area (Å²) < 4.78 is 11.6. The van der Waals surface area contributed by atoms with E-state index in [9.17, 15) is 4.79 Å². The molecule has 110 valence electrons. The summed E-state index contributed by atoms with van der Waals surface area (Å²) in [4.78, 5) is 14.2. The van der Waals surface area contributed by atoms with Crippen LogP contribution >= 0.6 is 15.9 Å². The zero-order chi connectivity index (χ0) is 15.3. The van der Waals surface area contributed by atoms with E-state index in [1.807, 2.05) is 42.5 Å². The molecule has 0 spiro atoms. The number of anilines is 1. The topological polar surface area (TPSA) is 38.8 Å². The van der Waals surface area contributed by atoms with Crippen molar-refractivity contribution in [2.75, 3.05) is 18.7 Å².